The summed E-state index contributed by atoms with van der Waals surface area (Å²) in [6.07, 6.45) is 2.27. The molecular weight excluding hydrogens is 286 g/mol. The molecule has 0 N–H and O–H groups in total. The zero-order valence-corrected chi connectivity index (χ0v) is 13.7. The fraction of sp³-hybridized carbons (Fsp3) is 0.600. The van der Waals surface area contributed by atoms with Crippen LogP contribution in [0.5, 0.6) is 0 Å². The number of fused-ring (bicyclic) bond motifs is 1. The molecule has 6 heteroatoms. The minimum atomic E-state index is 0.236. The van der Waals surface area contributed by atoms with E-state index in [1.165, 1.54) is 0 Å². The van der Waals surface area contributed by atoms with Crippen LogP contribution in [0.1, 0.15) is 38.1 Å². The molecule has 0 spiro atoms. The van der Waals surface area contributed by atoms with Gasteiger partial charge >= 0.3 is 0 Å². The summed E-state index contributed by atoms with van der Waals surface area (Å²) in [4.78, 5) is 20.0. The Balaban J connectivity index is 2.07. The molecule has 0 aromatic carbocycles. The smallest absolute Gasteiger partial charge is 0.226 e. The van der Waals surface area contributed by atoms with Crippen LogP contribution >= 0.6 is 11.6 Å². The second-order valence-corrected chi connectivity index (χ2v) is 6.87. The highest BCUT2D eigenvalue weighted by Gasteiger charge is 2.27. The molecule has 0 aliphatic carbocycles. The van der Waals surface area contributed by atoms with Gasteiger partial charge in [-0.05, 0) is 43.7 Å². The fourth-order valence-corrected chi connectivity index (χ4v) is 2.78. The fourth-order valence-electron chi connectivity index (χ4n) is 2.62. The van der Waals surface area contributed by atoms with Gasteiger partial charge in [-0.3, -0.25) is 0 Å². The Morgan fingerprint density at radius 1 is 0.952 bits per heavy atom. The third-order valence-corrected chi connectivity index (χ3v) is 4.48. The Morgan fingerprint density at radius 3 is 2.24 bits per heavy atom. The summed E-state index contributed by atoms with van der Waals surface area (Å²) in [7, 11) is 0. The number of piperidine rings is 1. The van der Waals surface area contributed by atoms with Crippen LogP contribution in [0.15, 0.2) is 0 Å². The lowest BCUT2D eigenvalue weighted by molar-refractivity contribution is 0.279. The van der Waals surface area contributed by atoms with E-state index in [0.29, 0.717) is 11.1 Å². The summed E-state index contributed by atoms with van der Waals surface area (Å²) in [6.45, 7) is 10.4. The van der Waals surface area contributed by atoms with E-state index in [0.717, 1.165) is 48.7 Å². The van der Waals surface area contributed by atoms with Crippen molar-refractivity contribution in [3.8, 4) is 0 Å². The third kappa shape index (κ3) is 2.79. The largest absolute Gasteiger partial charge is 0.355 e. The monoisotopic (exact) mass is 305 g/mol. The van der Waals surface area contributed by atoms with Crippen molar-refractivity contribution in [1.29, 1.82) is 0 Å². The SMILES string of the molecule is Cc1nc2nc(Cl)nc(N3CCC(C)(C)CC3)c2nc1C. The van der Waals surface area contributed by atoms with E-state index in [1.54, 1.807) is 0 Å². The van der Waals surface area contributed by atoms with E-state index >= 15 is 0 Å². The van der Waals surface area contributed by atoms with E-state index in [1.807, 2.05) is 13.8 Å². The highest BCUT2D eigenvalue weighted by Crippen LogP contribution is 2.33. The Labute approximate surface area is 129 Å². The quantitative estimate of drug-likeness (QED) is 0.757. The van der Waals surface area contributed by atoms with E-state index in [-0.39, 0.29) is 5.28 Å². The van der Waals surface area contributed by atoms with Crippen molar-refractivity contribution in [3.05, 3.63) is 16.7 Å². The van der Waals surface area contributed by atoms with Gasteiger partial charge in [0.1, 0.15) is 0 Å². The van der Waals surface area contributed by atoms with Gasteiger partial charge in [0.2, 0.25) is 5.28 Å². The Hall–Kier alpha value is -1.49. The first-order valence-electron chi connectivity index (χ1n) is 7.29. The lowest BCUT2D eigenvalue weighted by Gasteiger charge is -2.37. The van der Waals surface area contributed by atoms with Crippen LogP contribution in [0.3, 0.4) is 0 Å². The van der Waals surface area contributed by atoms with Gasteiger partial charge < -0.3 is 4.90 Å². The van der Waals surface area contributed by atoms with Crippen LogP contribution in [0.25, 0.3) is 11.2 Å². The van der Waals surface area contributed by atoms with Crippen molar-refractivity contribution in [2.45, 2.75) is 40.5 Å². The molecule has 1 aliphatic rings. The Kier molecular flexibility index (Phi) is 3.48. The molecule has 0 radical (unpaired) electrons. The van der Waals surface area contributed by atoms with Crippen molar-refractivity contribution in [2.75, 3.05) is 18.0 Å². The van der Waals surface area contributed by atoms with E-state index in [9.17, 15) is 0 Å². The Morgan fingerprint density at radius 2 is 1.57 bits per heavy atom. The van der Waals surface area contributed by atoms with Crippen molar-refractivity contribution in [1.82, 2.24) is 19.9 Å². The average Bonchev–Trinajstić information content (AvgIpc) is 2.40. The van der Waals surface area contributed by atoms with Crippen LogP contribution in [0.4, 0.5) is 5.82 Å². The van der Waals surface area contributed by atoms with Gasteiger partial charge in [-0.25, -0.2) is 9.97 Å². The predicted octanol–water partition coefficient (Wildman–Crippen LogP) is 3.32. The number of anilines is 1. The number of rotatable bonds is 1. The summed E-state index contributed by atoms with van der Waals surface area (Å²) < 4.78 is 0. The van der Waals surface area contributed by atoms with E-state index in [4.69, 9.17) is 11.6 Å². The molecule has 0 unspecified atom stereocenters. The molecule has 5 nitrogen and oxygen atoms in total. The second-order valence-electron chi connectivity index (χ2n) is 6.53. The number of halogens is 1. The van der Waals surface area contributed by atoms with Gasteiger partial charge in [-0.2, -0.15) is 9.97 Å². The topological polar surface area (TPSA) is 54.8 Å². The lowest BCUT2D eigenvalue weighted by Crippen LogP contribution is -2.38. The lowest BCUT2D eigenvalue weighted by atomic mass is 9.83. The highest BCUT2D eigenvalue weighted by molar-refractivity contribution is 6.28. The van der Waals surface area contributed by atoms with Gasteiger partial charge in [0.05, 0.1) is 11.4 Å². The second kappa shape index (κ2) is 5.05. The molecule has 3 heterocycles. The number of aromatic nitrogens is 4. The third-order valence-electron chi connectivity index (χ3n) is 4.31. The van der Waals surface area contributed by atoms with Crippen molar-refractivity contribution < 1.29 is 0 Å². The molecular formula is C15H20ClN5. The normalized spacial score (nSPS) is 18.2. The number of nitrogens with zero attached hydrogens (tertiary/aromatic N) is 5. The summed E-state index contributed by atoms with van der Waals surface area (Å²) in [5, 5.41) is 0.236. The van der Waals surface area contributed by atoms with Crippen molar-refractivity contribution in [3.63, 3.8) is 0 Å². The van der Waals surface area contributed by atoms with Gasteiger partial charge in [-0.15, -0.1) is 0 Å². The summed E-state index contributed by atoms with van der Waals surface area (Å²) >= 11 is 6.07. The first-order chi connectivity index (χ1) is 9.85. The molecule has 3 rings (SSSR count). The molecule has 1 aliphatic heterocycles. The molecule has 0 bridgehead atoms. The molecule has 2 aromatic heterocycles. The molecule has 0 saturated carbocycles. The average molecular weight is 306 g/mol. The maximum atomic E-state index is 6.07. The Bertz CT molecular complexity index is 688. The highest BCUT2D eigenvalue weighted by atomic mass is 35.5. The standard InChI is InChI=1S/C15H20ClN5/c1-9-10(2)18-12-11(17-9)13(20-14(16)19-12)21-7-5-15(3,4)6-8-21/h5-8H2,1-4H3. The van der Waals surface area contributed by atoms with E-state index < -0.39 is 0 Å². The van der Waals surface area contributed by atoms with Gasteiger partial charge in [0.15, 0.2) is 17.0 Å². The van der Waals surface area contributed by atoms with Crippen LogP contribution < -0.4 is 4.90 Å². The molecule has 1 saturated heterocycles. The zero-order valence-electron chi connectivity index (χ0n) is 12.9. The predicted molar refractivity (Wildman–Crippen MR) is 84.8 cm³/mol. The number of aryl methyl sites for hydroxylation is 2. The molecule has 1 fully saturated rings. The van der Waals surface area contributed by atoms with Gasteiger partial charge in [-0.1, -0.05) is 13.8 Å². The first-order valence-corrected chi connectivity index (χ1v) is 7.67. The van der Waals surface area contributed by atoms with Crippen molar-refractivity contribution >= 4 is 28.6 Å². The minimum Gasteiger partial charge on any atom is -0.355 e. The summed E-state index contributed by atoms with van der Waals surface area (Å²) in [5.74, 6) is 0.816. The van der Waals surface area contributed by atoms with Gasteiger partial charge in [0.25, 0.3) is 0 Å². The van der Waals surface area contributed by atoms with Crippen LogP contribution in [-0.2, 0) is 0 Å². The molecule has 2 aromatic rings. The molecule has 112 valence electrons. The van der Waals surface area contributed by atoms with Crippen LogP contribution in [0.2, 0.25) is 5.28 Å². The van der Waals surface area contributed by atoms with Crippen LogP contribution in [0, 0.1) is 19.3 Å². The first kappa shape index (κ1) is 14.4. The van der Waals surface area contributed by atoms with E-state index in [2.05, 4.69) is 38.7 Å². The maximum absolute atomic E-state index is 6.07. The molecule has 0 amide bonds. The molecule has 0 atom stereocenters. The van der Waals surface area contributed by atoms with Crippen LogP contribution in [-0.4, -0.2) is 33.0 Å². The maximum Gasteiger partial charge on any atom is 0.226 e. The summed E-state index contributed by atoms with van der Waals surface area (Å²) in [5.41, 5.74) is 3.51. The van der Waals surface area contributed by atoms with Gasteiger partial charge in [0, 0.05) is 13.1 Å². The van der Waals surface area contributed by atoms with Crippen molar-refractivity contribution in [2.24, 2.45) is 5.41 Å². The number of hydrogen-bond acceptors (Lipinski definition) is 5. The minimum absolute atomic E-state index is 0.236. The summed E-state index contributed by atoms with van der Waals surface area (Å²) in [6, 6.07) is 0. The number of hydrogen-bond donors (Lipinski definition) is 0. The molecule has 21 heavy (non-hydrogen) atoms. The zero-order chi connectivity index (χ0) is 15.2.